The number of para-hydroxylation sites is 1. The first kappa shape index (κ1) is 16.0. The Hall–Kier alpha value is -2.47. The Balaban J connectivity index is 1.51. The SMILES string of the molecule is O=C1Cc2cnc(NCCN3CCCCC3)nc2-c2ccccc2N1. The van der Waals surface area contributed by atoms with Gasteiger partial charge in [0.1, 0.15) is 0 Å². The summed E-state index contributed by atoms with van der Waals surface area (Å²) in [6.45, 7) is 4.22. The molecule has 3 heterocycles. The minimum atomic E-state index is -0.0272. The zero-order chi connectivity index (χ0) is 17.1. The second-order valence-corrected chi connectivity index (χ2v) is 6.67. The lowest BCUT2D eigenvalue weighted by Crippen LogP contribution is -2.33. The largest absolute Gasteiger partial charge is 0.353 e. The highest BCUT2D eigenvalue weighted by Crippen LogP contribution is 2.32. The molecule has 0 unspecified atom stereocenters. The number of carbonyl (C=O) groups excluding carboxylic acids is 1. The molecular formula is C19H23N5O. The van der Waals surface area contributed by atoms with Crippen molar-refractivity contribution in [2.24, 2.45) is 0 Å². The van der Waals surface area contributed by atoms with Gasteiger partial charge < -0.3 is 15.5 Å². The maximum Gasteiger partial charge on any atom is 0.228 e. The number of piperidine rings is 1. The summed E-state index contributed by atoms with van der Waals surface area (Å²) in [7, 11) is 0. The Labute approximate surface area is 147 Å². The maximum absolute atomic E-state index is 12.1. The van der Waals surface area contributed by atoms with Gasteiger partial charge in [0.05, 0.1) is 17.8 Å². The Bertz CT molecular complexity index is 770. The second kappa shape index (κ2) is 7.19. The van der Waals surface area contributed by atoms with E-state index in [-0.39, 0.29) is 5.91 Å². The summed E-state index contributed by atoms with van der Waals surface area (Å²) in [6, 6.07) is 7.78. The highest BCUT2D eigenvalue weighted by molar-refractivity contribution is 5.99. The van der Waals surface area contributed by atoms with Gasteiger partial charge in [0.25, 0.3) is 0 Å². The summed E-state index contributed by atoms with van der Waals surface area (Å²) in [4.78, 5) is 23.6. The summed E-state index contributed by atoms with van der Waals surface area (Å²) in [5.74, 6) is 0.598. The van der Waals surface area contributed by atoms with Crippen LogP contribution in [0.2, 0.25) is 0 Å². The van der Waals surface area contributed by atoms with Gasteiger partial charge >= 0.3 is 0 Å². The Morgan fingerprint density at radius 3 is 2.88 bits per heavy atom. The van der Waals surface area contributed by atoms with Crippen LogP contribution in [0.15, 0.2) is 30.5 Å². The zero-order valence-corrected chi connectivity index (χ0v) is 14.3. The van der Waals surface area contributed by atoms with Crippen LogP contribution in [0.25, 0.3) is 11.3 Å². The van der Waals surface area contributed by atoms with Crippen LogP contribution in [-0.2, 0) is 11.2 Å². The molecule has 2 aliphatic heterocycles. The van der Waals surface area contributed by atoms with Crippen molar-refractivity contribution in [1.29, 1.82) is 0 Å². The number of nitrogens with one attached hydrogen (secondary N) is 2. The number of carbonyl (C=O) groups is 1. The third kappa shape index (κ3) is 3.64. The molecule has 1 fully saturated rings. The number of hydrogen-bond donors (Lipinski definition) is 2. The number of likely N-dealkylation sites (tertiary alicyclic amines) is 1. The van der Waals surface area contributed by atoms with E-state index in [1.54, 1.807) is 6.20 Å². The van der Waals surface area contributed by atoms with Crippen LogP contribution in [0.1, 0.15) is 24.8 Å². The van der Waals surface area contributed by atoms with E-state index in [1.807, 2.05) is 24.3 Å². The van der Waals surface area contributed by atoms with Crippen molar-refractivity contribution in [3.8, 4) is 11.3 Å². The van der Waals surface area contributed by atoms with Crippen LogP contribution in [0.5, 0.6) is 0 Å². The van der Waals surface area contributed by atoms with Crippen LogP contribution >= 0.6 is 0 Å². The van der Waals surface area contributed by atoms with Crippen molar-refractivity contribution in [2.75, 3.05) is 36.8 Å². The van der Waals surface area contributed by atoms with Gasteiger partial charge in [-0.05, 0) is 32.0 Å². The predicted octanol–water partition coefficient (Wildman–Crippen LogP) is 2.54. The van der Waals surface area contributed by atoms with E-state index in [2.05, 4.69) is 20.5 Å². The smallest absolute Gasteiger partial charge is 0.228 e. The monoisotopic (exact) mass is 337 g/mol. The van der Waals surface area contributed by atoms with Crippen LogP contribution in [0.4, 0.5) is 11.6 Å². The van der Waals surface area contributed by atoms with Gasteiger partial charge in [-0.25, -0.2) is 9.97 Å². The molecule has 1 amide bonds. The Morgan fingerprint density at radius 2 is 2.00 bits per heavy atom. The molecule has 6 nitrogen and oxygen atoms in total. The first-order valence-electron chi connectivity index (χ1n) is 9.01. The predicted molar refractivity (Wildman–Crippen MR) is 98.6 cm³/mol. The number of aromatic nitrogens is 2. The molecule has 1 saturated heterocycles. The zero-order valence-electron chi connectivity index (χ0n) is 14.3. The van der Waals surface area contributed by atoms with Crippen molar-refractivity contribution in [2.45, 2.75) is 25.7 Å². The summed E-state index contributed by atoms with van der Waals surface area (Å²) < 4.78 is 0. The lowest BCUT2D eigenvalue weighted by Gasteiger charge is -2.26. The molecule has 0 bridgehead atoms. The molecule has 130 valence electrons. The lowest BCUT2D eigenvalue weighted by atomic mass is 10.1. The Morgan fingerprint density at radius 1 is 1.16 bits per heavy atom. The van der Waals surface area contributed by atoms with Crippen LogP contribution in [0.3, 0.4) is 0 Å². The molecule has 1 aromatic carbocycles. The molecule has 1 aromatic heterocycles. The topological polar surface area (TPSA) is 70.2 Å². The van der Waals surface area contributed by atoms with E-state index in [0.29, 0.717) is 12.4 Å². The van der Waals surface area contributed by atoms with E-state index < -0.39 is 0 Å². The first-order valence-corrected chi connectivity index (χ1v) is 9.01. The third-order valence-corrected chi connectivity index (χ3v) is 4.83. The van der Waals surface area contributed by atoms with Crippen molar-refractivity contribution in [3.05, 3.63) is 36.0 Å². The molecular weight excluding hydrogens is 314 g/mol. The molecule has 4 rings (SSSR count). The molecule has 2 aliphatic rings. The molecule has 2 aromatic rings. The van der Waals surface area contributed by atoms with E-state index in [0.717, 1.165) is 35.6 Å². The van der Waals surface area contributed by atoms with Gasteiger partial charge in [-0.15, -0.1) is 0 Å². The molecule has 0 atom stereocenters. The van der Waals surface area contributed by atoms with Crippen LogP contribution in [-0.4, -0.2) is 47.0 Å². The van der Waals surface area contributed by atoms with Crippen molar-refractivity contribution in [3.63, 3.8) is 0 Å². The number of nitrogens with zero attached hydrogens (tertiary/aromatic N) is 3. The highest BCUT2D eigenvalue weighted by atomic mass is 16.1. The summed E-state index contributed by atoms with van der Waals surface area (Å²) in [5.41, 5.74) is 3.46. The standard InChI is InChI=1S/C19H23N5O/c25-17-12-14-13-21-19(20-8-11-24-9-4-1-5-10-24)23-18(14)15-6-2-3-7-16(15)22-17/h2-3,6-7,13H,1,4-5,8-12H2,(H,22,25)(H,20,21,23). The van der Waals surface area contributed by atoms with Crippen molar-refractivity contribution < 1.29 is 4.79 Å². The van der Waals surface area contributed by atoms with Gasteiger partial charge in [-0.2, -0.15) is 0 Å². The summed E-state index contributed by atoms with van der Waals surface area (Å²) >= 11 is 0. The fourth-order valence-electron chi connectivity index (χ4n) is 3.53. The third-order valence-electron chi connectivity index (χ3n) is 4.83. The van der Waals surface area contributed by atoms with Crippen LogP contribution < -0.4 is 10.6 Å². The molecule has 0 saturated carbocycles. The minimum absolute atomic E-state index is 0.0272. The molecule has 6 heteroatoms. The van der Waals surface area contributed by atoms with Crippen molar-refractivity contribution >= 4 is 17.5 Å². The molecule has 25 heavy (non-hydrogen) atoms. The number of anilines is 2. The van der Waals surface area contributed by atoms with Gasteiger partial charge in [0, 0.05) is 30.4 Å². The van der Waals surface area contributed by atoms with E-state index in [1.165, 1.54) is 32.4 Å². The number of amides is 1. The average Bonchev–Trinajstić information content (AvgIpc) is 2.78. The molecule has 0 spiro atoms. The normalized spacial score (nSPS) is 17.2. The minimum Gasteiger partial charge on any atom is -0.353 e. The Kier molecular flexibility index (Phi) is 4.61. The number of rotatable bonds is 4. The van der Waals surface area contributed by atoms with Crippen LogP contribution in [0, 0.1) is 0 Å². The van der Waals surface area contributed by atoms with Crippen molar-refractivity contribution in [1.82, 2.24) is 14.9 Å². The fraction of sp³-hybridized carbons (Fsp3) is 0.421. The number of hydrogen-bond acceptors (Lipinski definition) is 5. The number of benzene rings is 1. The lowest BCUT2D eigenvalue weighted by molar-refractivity contribution is -0.115. The molecule has 2 N–H and O–H groups in total. The fourth-order valence-corrected chi connectivity index (χ4v) is 3.53. The average molecular weight is 337 g/mol. The summed E-state index contributed by atoms with van der Waals surface area (Å²) in [6.07, 6.45) is 6.02. The number of fused-ring (bicyclic) bond motifs is 3. The van der Waals surface area contributed by atoms with Gasteiger partial charge in [-0.3, -0.25) is 4.79 Å². The van der Waals surface area contributed by atoms with Gasteiger partial charge in [-0.1, -0.05) is 24.6 Å². The quantitative estimate of drug-likeness (QED) is 0.897. The molecule has 0 radical (unpaired) electrons. The van der Waals surface area contributed by atoms with E-state index in [9.17, 15) is 4.79 Å². The van der Waals surface area contributed by atoms with Gasteiger partial charge in [0.2, 0.25) is 11.9 Å². The second-order valence-electron chi connectivity index (χ2n) is 6.67. The maximum atomic E-state index is 12.1. The van der Waals surface area contributed by atoms with E-state index >= 15 is 0 Å². The summed E-state index contributed by atoms with van der Waals surface area (Å²) in [5, 5.41) is 6.28. The molecule has 0 aliphatic carbocycles. The van der Waals surface area contributed by atoms with Gasteiger partial charge in [0.15, 0.2) is 0 Å². The van der Waals surface area contributed by atoms with E-state index in [4.69, 9.17) is 4.98 Å². The highest BCUT2D eigenvalue weighted by Gasteiger charge is 2.20. The first-order chi connectivity index (χ1) is 12.3.